The van der Waals surface area contributed by atoms with Crippen molar-refractivity contribution >= 4 is 17.0 Å². The molecule has 3 aromatic heterocycles. The Morgan fingerprint density at radius 1 is 1.20 bits per heavy atom. The highest BCUT2D eigenvalue weighted by Crippen LogP contribution is 2.23. The van der Waals surface area contributed by atoms with E-state index in [9.17, 15) is 4.79 Å². The van der Waals surface area contributed by atoms with Crippen molar-refractivity contribution in [3.63, 3.8) is 0 Å². The van der Waals surface area contributed by atoms with E-state index in [2.05, 4.69) is 16.4 Å². The van der Waals surface area contributed by atoms with Crippen molar-refractivity contribution in [2.45, 2.75) is 13.5 Å². The lowest BCUT2D eigenvalue weighted by Gasteiger charge is -2.12. The van der Waals surface area contributed by atoms with Gasteiger partial charge in [-0.1, -0.05) is 12.1 Å². The lowest BCUT2D eigenvalue weighted by molar-refractivity contribution is 0.414. The molecule has 0 N–H and O–H groups in total. The second kappa shape index (κ2) is 6.22. The summed E-state index contributed by atoms with van der Waals surface area (Å²) < 4.78 is 8.84. The van der Waals surface area contributed by atoms with Gasteiger partial charge in [-0.3, -0.25) is 9.20 Å². The molecular formula is C19H17N3O2S. The Kier molecular flexibility index (Phi) is 3.89. The van der Waals surface area contributed by atoms with Crippen LogP contribution in [0.2, 0.25) is 0 Å². The van der Waals surface area contributed by atoms with Crippen molar-refractivity contribution < 1.29 is 4.74 Å². The van der Waals surface area contributed by atoms with E-state index in [1.165, 1.54) is 0 Å². The fourth-order valence-corrected chi connectivity index (χ4v) is 3.59. The number of methoxy groups -OCH3 is 1. The summed E-state index contributed by atoms with van der Waals surface area (Å²) in [5.74, 6) is 0.800. The van der Waals surface area contributed by atoms with Gasteiger partial charge in [0.15, 0.2) is 0 Å². The summed E-state index contributed by atoms with van der Waals surface area (Å²) in [6.45, 7) is 2.45. The minimum atomic E-state index is -0.0945. The number of hydrogen-bond donors (Lipinski definition) is 0. The third-order valence-corrected chi connectivity index (χ3v) is 4.92. The van der Waals surface area contributed by atoms with Crippen molar-refractivity contribution in [2.75, 3.05) is 7.11 Å². The van der Waals surface area contributed by atoms with Gasteiger partial charge in [0.1, 0.15) is 5.75 Å². The quantitative estimate of drug-likeness (QED) is 0.564. The summed E-state index contributed by atoms with van der Waals surface area (Å²) in [4.78, 5) is 17.2. The lowest BCUT2D eigenvalue weighted by Crippen LogP contribution is -2.23. The molecule has 0 atom stereocenters. The molecule has 1 aromatic carbocycles. The summed E-state index contributed by atoms with van der Waals surface area (Å²) in [6, 6.07) is 9.80. The van der Waals surface area contributed by atoms with Crippen LogP contribution in [0.15, 0.2) is 58.3 Å². The van der Waals surface area contributed by atoms with Crippen molar-refractivity contribution in [3.8, 4) is 17.0 Å². The number of benzene rings is 1. The Morgan fingerprint density at radius 2 is 2.00 bits per heavy atom. The van der Waals surface area contributed by atoms with Crippen LogP contribution >= 0.6 is 11.3 Å². The van der Waals surface area contributed by atoms with Crippen LogP contribution in [-0.4, -0.2) is 21.1 Å². The van der Waals surface area contributed by atoms with E-state index in [4.69, 9.17) is 4.74 Å². The fourth-order valence-electron chi connectivity index (χ4n) is 2.94. The number of thiophene rings is 1. The van der Waals surface area contributed by atoms with Crippen LogP contribution in [-0.2, 0) is 6.54 Å². The topological polar surface area (TPSA) is 48.5 Å². The number of hydrogen-bond acceptors (Lipinski definition) is 4. The fraction of sp³-hybridized carbons (Fsp3) is 0.158. The molecule has 0 saturated heterocycles. The van der Waals surface area contributed by atoms with Gasteiger partial charge in [-0.25, -0.2) is 4.98 Å². The van der Waals surface area contributed by atoms with E-state index in [1.807, 2.05) is 47.2 Å². The van der Waals surface area contributed by atoms with Crippen LogP contribution in [0.5, 0.6) is 5.75 Å². The normalized spacial score (nSPS) is 11.1. The Labute approximate surface area is 148 Å². The van der Waals surface area contributed by atoms with Crippen LogP contribution in [0.4, 0.5) is 0 Å². The molecule has 0 bridgehead atoms. The molecule has 0 aliphatic rings. The summed E-state index contributed by atoms with van der Waals surface area (Å²) >= 11 is 1.63. The standard InChI is InChI=1S/C19H17N3O2S/c1-13-9-20-18-19(23)21(10-14-3-5-16(24-2)6-4-14)11-17(22(13)18)15-7-8-25-12-15/h3-9,11-12H,10H2,1-2H3. The van der Waals surface area contributed by atoms with Gasteiger partial charge < -0.3 is 9.30 Å². The molecule has 0 aliphatic heterocycles. The highest BCUT2D eigenvalue weighted by Gasteiger charge is 2.14. The third kappa shape index (κ3) is 2.74. The molecule has 0 saturated carbocycles. The molecule has 0 spiro atoms. The van der Waals surface area contributed by atoms with Gasteiger partial charge in [-0.15, -0.1) is 0 Å². The van der Waals surface area contributed by atoms with Crippen LogP contribution in [0.25, 0.3) is 16.9 Å². The molecule has 0 fully saturated rings. The summed E-state index contributed by atoms with van der Waals surface area (Å²) in [7, 11) is 1.64. The summed E-state index contributed by atoms with van der Waals surface area (Å²) in [5.41, 5.74) is 4.40. The average molecular weight is 351 g/mol. The number of imidazole rings is 1. The summed E-state index contributed by atoms with van der Waals surface area (Å²) in [5, 5.41) is 4.11. The van der Waals surface area contributed by atoms with Crippen molar-refractivity contribution in [3.05, 3.63) is 75.1 Å². The van der Waals surface area contributed by atoms with Crippen LogP contribution in [0.1, 0.15) is 11.3 Å². The van der Waals surface area contributed by atoms with Gasteiger partial charge in [0.05, 0.1) is 19.3 Å². The molecule has 0 amide bonds. The van der Waals surface area contributed by atoms with Gasteiger partial charge in [-0.2, -0.15) is 11.3 Å². The monoisotopic (exact) mass is 351 g/mol. The highest BCUT2D eigenvalue weighted by atomic mass is 32.1. The van der Waals surface area contributed by atoms with E-state index in [0.717, 1.165) is 28.3 Å². The van der Waals surface area contributed by atoms with E-state index in [-0.39, 0.29) is 5.56 Å². The smallest absolute Gasteiger partial charge is 0.294 e. The molecular weight excluding hydrogens is 334 g/mol. The second-order valence-corrected chi connectivity index (χ2v) is 6.65. The zero-order valence-corrected chi connectivity index (χ0v) is 14.8. The minimum absolute atomic E-state index is 0.0945. The van der Waals surface area contributed by atoms with Gasteiger partial charge in [0, 0.05) is 29.0 Å². The number of aryl methyl sites for hydroxylation is 1. The van der Waals surface area contributed by atoms with E-state index >= 15 is 0 Å². The maximum absolute atomic E-state index is 12.8. The Balaban J connectivity index is 1.86. The van der Waals surface area contributed by atoms with Gasteiger partial charge in [0.25, 0.3) is 5.56 Å². The molecule has 0 aliphatic carbocycles. The first kappa shape index (κ1) is 15.7. The number of fused-ring (bicyclic) bond motifs is 1. The van der Waals surface area contributed by atoms with E-state index in [1.54, 1.807) is 29.2 Å². The average Bonchev–Trinajstić information content (AvgIpc) is 3.29. The zero-order valence-electron chi connectivity index (χ0n) is 14.0. The predicted molar refractivity (Wildman–Crippen MR) is 99.6 cm³/mol. The van der Waals surface area contributed by atoms with E-state index in [0.29, 0.717) is 12.2 Å². The molecule has 126 valence electrons. The Bertz CT molecular complexity index is 1080. The van der Waals surface area contributed by atoms with Crippen LogP contribution in [0.3, 0.4) is 0 Å². The maximum atomic E-state index is 12.8. The maximum Gasteiger partial charge on any atom is 0.294 e. The van der Waals surface area contributed by atoms with Crippen molar-refractivity contribution in [1.29, 1.82) is 0 Å². The SMILES string of the molecule is COc1ccc(Cn2cc(-c3ccsc3)n3c(C)cnc3c2=O)cc1. The molecule has 6 heteroatoms. The van der Waals surface area contributed by atoms with Crippen LogP contribution < -0.4 is 10.3 Å². The van der Waals surface area contributed by atoms with Crippen LogP contribution in [0, 0.1) is 6.92 Å². The van der Waals surface area contributed by atoms with E-state index < -0.39 is 0 Å². The number of rotatable bonds is 4. The molecule has 25 heavy (non-hydrogen) atoms. The van der Waals surface area contributed by atoms with Crippen molar-refractivity contribution in [1.82, 2.24) is 14.0 Å². The number of nitrogens with zero attached hydrogens (tertiary/aromatic N) is 3. The molecule has 4 aromatic rings. The first-order valence-corrected chi connectivity index (χ1v) is 8.84. The molecule has 3 heterocycles. The van der Waals surface area contributed by atoms with Gasteiger partial charge in [-0.05, 0) is 36.1 Å². The Hall–Kier alpha value is -2.86. The Morgan fingerprint density at radius 3 is 2.68 bits per heavy atom. The molecule has 0 unspecified atom stereocenters. The van der Waals surface area contributed by atoms with Gasteiger partial charge in [0.2, 0.25) is 5.65 Å². The lowest BCUT2D eigenvalue weighted by atomic mass is 10.2. The van der Waals surface area contributed by atoms with Gasteiger partial charge >= 0.3 is 0 Å². The predicted octanol–water partition coefficient (Wildman–Crippen LogP) is 3.59. The van der Waals surface area contributed by atoms with Crippen molar-refractivity contribution in [2.24, 2.45) is 0 Å². The first-order chi connectivity index (χ1) is 12.2. The molecule has 0 radical (unpaired) electrons. The minimum Gasteiger partial charge on any atom is -0.497 e. The number of aromatic nitrogens is 3. The second-order valence-electron chi connectivity index (χ2n) is 5.87. The molecule has 4 rings (SSSR count). The molecule has 5 nitrogen and oxygen atoms in total. The summed E-state index contributed by atoms with van der Waals surface area (Å²) in [6.07, 6.45) is 3.65. The highest BCUT2D eigenvalue weighted by molar-refractivity contribution is 7.08. The zero-order chi connectivity index (χ0) is 17.4. The first-order valence-electron chi connectivity index (χ1n) is 7.90. The largest absolute Gasteiger partial charge is 0.497 e. The third-order valence-electron chi connectivity index (χ3n) is 4.24. The number of ether oxygens (including phenoxy) is 1.